The summed E-state index contributed by atoms with van der Waals surface area (Å²) in [5.41, 5.74) is 6.82. The van der Waals surface area contributed by atoms with Crippen molar-refractivity contribution in [1.29, 1.82) is 0 Å². The summed E-state index contributed by atoms with van der Waals surface area (Å²) in [6, 6.07) is 13.9. The van der Waals surface area contributed by atoms with E-state index in [0.29, 0.717) is 17.0 Å². The fraction of sp³-hybridized carbons (Fsp3) is 0.318. The average molecular weight is 397 g/mol. The highest BCUT2D eigenvalue weighted by atomic mass is 16.5. The number of amides is 3. The largest absolute Gasteiger partial charge is 0.481 e. The number of ether oxygens (including phenoxy) is 1. The minimum Gasteiger partial charge on any atom is -0.481 e. The van der Waals surface area contributed by atoms with Crippen molar-refractivity contribution >= 4 is 23.4 Å². The van der Waals surface area contributed by atoms with Crippen LogP contribution in [0.2, 0.25) is 0 Å². The van der Waals surface area contributed by atoms with E-state index in [0.717, 1.165) is 0 Å². The first-order valence-electron chi connectivity index (χ1n) is 9.31. The molecule has 154 valence electrons. The summed E-state index contributed by atoms with van der Waals surface area (Å²) < 4.78 is 5.63. The summed E-state index contributed by atoms with van der Waals surface area (Å²) >= 11 is 0. The van der Waals surface area contributed by atoms with E-state index < -0.39 is 17.9 Å². The number of rotatable bonds is 5. The van der Waals surface area contributed by atoms with Gasteiger partial charge in [-0.3, -0.25) is 25.2 Å². The highest BCUT2D eigenvalue weighted by molar-refractivity contribution is 5.96. The number of anilines is 1. The van der Waals surface area contributed by atoms with Crippen LogP contribution in [0.25, 0.3) is 0 Å². The molecule has 0 aliphatic heterocycles. The summed E-state index contributed by atoms with van der Waals surface area (Å²) in [7, 11) is 0. The third-order valence-corrected chi connectivity index (χ3v) is 4.17. The van der Waals surface area contributed by atoms with Crippen molar-refractivity contribution in [2.24, 2.45) is 0 Å². The number of hydrogen-bond donors (Lipinski definition) is 3. The monoisotopic (exact) mass is 397 g/mol. The molecule has 0 saturated carbocycles. The van der Waals surface area contributed by atoms with Crippen LogP contribution in [0.5, 0.6) is 5.75 Å². The van der Waals surface area contributed by atoms with Gasteiger partial charge in [0.1, 0.15) is 5.75 Å². The van der Waals surface area contributed by atoms with Gasteiger partial charge in [0.25, 0.3) is 11.8 Å². The molecule has 0 spiro atoms. The molecule has 0 saturated heterocycles. The Morgan fingerprint density at radius 3 is 2.00 bits per heavy atom. The lowest BCUT2D eigenvalue weighted by Crippen LogP contribution is -2.47. The van der Waals surface area contributed by atoms with Gasteiger partial charge in [0, 0.05) is 18.2 Å². The summed E-state index contributed by atoms with van der Waals surface area (Å²) in [5.74, 6) is -0.584. The number of benzene rings is 2. The Labute approximate surface area is 170 Å². The number of carbonyl (C=O) groups is 3. The zero-order chi connectivity index (χ0) is 21.6. The molecular weight excluding hydrogens is 370 g/mol. The van der Waals surface area contributed by atoms with Crippen LogP contribution in [0, 0.1) is 0 Å². The number of hydrazine groups is 1. The van der Waals surface area contributed by atoms with E-state index in [1.54, 1.807) is 31.2 Å². The van der Waals surface area contributed by atoms with Crippen LogP contribution in [0.15, 0.2) is 48.5 Å². The molecule has 3 N–H and O–H groups in total. The smallest absolute Gasteiger partial charge is 0.279 e. The number of nitrogens with one attached hydrogen (secondary N) is 3. The Bertz CT molecular complexity index is 868. The molecule has 0 bridgehead atoms. The molecule has 29 heavy (non-hydrogen) atoms. The van der Waals surface area contributed by atoms with Crippen LogP contribution in [0.3, 0.4) is 0 Å². The van der Waals surface area contributed by atoms with Crippen LogP contribution in [0.4, 0.5) is 5.69 Å². The van der Waals surface area contributed by atoms with E-state index in [4.69, 9.17) is 4.74 Å². The quantitative estimate of drug-likeness (QED) is 0.675. The van der Waals surface area contributed by atoms with Crippen LogP contribution < -0.4 is 20.9 Å². The van der Waals surface area contributed by atoms with Crippen molar-refractivity contribution in [3.05, 3.63) is 59.7 Å². The van der Waals surface area contributed by atoms with Gasteiger partial charge in [0.15, 0.2) is 6.10 Å². The van der Waals surface area contributed by atoms with Gasteiger partial charge >= 0.3 is 0 Å². The summed E-state index contributed by atoms with van der Waals surface area (Å²) in [6.07, 6.45) is -0.794. The first-order chi connectivity index (χ1) is 13.6. The van der Waals surface area contributed by atoms with Crippen molar-refractivity contribution in [1.82, 2.24) is 10.9 Å². The summed E-state index contributed by atoms with van der Waals surface area (Å²) in [5, 5.41) is 2.61. The maximum absolute atomic E-state index is 12.2. The van der Waals surface area contributed by atoms with Gasteiger partial charge in [0.2, 0.25) is 5.91 Å². The summed E-state index contributed by atoms with van der Waals surface area (Å²) in [4.78, 5) is 35.3. The van der Waals surface area contributed by atoms with Crippen LogP contribution >= 0.6 is 0 Å². The van der Waals surface area contributed by atoms with Gasteiger partial charge in [-0.15, -0.1) is 0 Å². The molecule has 0 aliphatic carbocycles. The zero-order valence-electron chi connectivity index (χ0n) is 17.3. The highest BCUT2D eigenvalue weighted by Gasteiger charge is 2.17. The SMILES string of the molecule is CC(=O)Nc1ccc(C(=O)NNC(=O)C(C)Oc2ccc(C(C)(C)C)cc2)cc1. The number of hydrogen-bond acceptors (Lipinski definition) is 4. The van der Waals surface area contributed by atoms with Crippen LogP contribution in [0.1, 0.15) is 50.5 Å². The molecule has 0 fully saturated rings. The Kier molecular flexibility index (Phi) is 6.98. The second-order valence-corrected chi connectivity index (χ2v) is 7.74. The topological polar surface area (TPSA) is 96.5 Å². The maximum Gasteiger partial charge on any atom is 0.279 e. The molecule has 0 radical (unpaired) electrons. The molecular formula is C22H27N3O4. The molecule has 2 rings (SSSR count). The normalized spacial score (nSPS) is 11.9. The van der Waals surface area contributed by atoms with E-state index in [9.17, 15) is 14.4 Å². The highest BCUT2D eigenvalue weighted by Crippen LogP contribution is 2.24. The molecule has 1 unspecified atom stereocenters. The van der Waals surface area contributed by atoms with Crippen molar-refractivity contribution < 1.29 is 19.1 Å². The molecule has 3 amide bonds. The van der Waals surface area contributed by atoms with Gasteiger partial charge in [-0.2, -0.15) is 0 Å². The van der Waals surface area contributed by atoms with Gasteiger partial charge in [-0.05, 0) is 54.3 Å². The standard InChI is InChI=1S/C22H27N3O4/c1-14(29-19-12-8-17(9-13-19)22(3,4)5)20(27)24-25-21(28)16-6-10-18(11-7-16)23-15(2)26/h6-14H,1-5H3,(H,23,26)(H,24,27)(H,25,28). The van der Waals surface area contributed by atoms with E-state index >= 15 is 0 Å². The van der Waals surface area contributed by atoms with Gasteiger partial charge in [-0.25, -0.2) is 0 Å². The first kappa shape index (κ1) is 21.9. The summed E-state index contributed by atoms with van der Waals surface area (Å²) in [6.45, 7) is 9.36. The van der Waals surface area contributed by atoms with Crippen LogP contribution in [-0.2, 0) is 15.0 Å². The Balaban J connectivity index is 1.86. The third kappa shape index (κ3) is 6.64. The van der Waals surface area contributed by atoms with Gasteiger partial charge in [0.05, 0.1) is 0 Å². The Morgan fingerprint density at radius 2 is 1.48 bits per heavy atom. The lowest BCUT2D eigenvalue weighted by Gasteiger charge is -2.20. The van der Waals surface area contributed by atoms with Crippen LogP contribution in [-0.4, -0.2) is 23.8 Å². The minimum absolute atomic E-state index is 0.0339. The lowest BCUT2D eigenvalue weighted by molar-refractivity contribution is -0.128. The van der Waals surface area contributed by atoms with Crippen molar-refractivity contribution in [2.45, 2.75) is 46.1 Å². The predicted molar refractivity (Wildman–Crippen MR) is 112 cm³/mol. The fourth-order valence-electron chi connectivity index (χ4n) is 2.49. The number of carbonyl (C=O) groups excluding carboxylic acids is 3. The first-order valence-corrected chi connectivity index (χ1v) is 9.31. The second kappa shape index (κ2) is 9.23. The van der Waals surface area contributed by atoms with E-state index in [1.807, 2.05) is 24.3 Å². The van der Waals surface area contributed by atoms with Crippen molar-refractivity contribution in [3.8, 4) is 5.75 Å². The molecule has 1 atom stereocenters. The zero-order valence-corrected chi connectivity index (χ0v) is 17.3. The molecule has 7 nitrogen and oxygen atoms in total. The second-order valence-electron chi connectivity index (χ2n) is 7.74. The molecule has 0 heterocycles. The Morgan fingerprint density at radius 1 is 0.897 bits per heavy atom. The van der Waals surface area contributed by atoms with Gasteiger partial charge in [-0.1, -0.05) is 32.9 Å². The van der Waals surface area contributed by atoms with E-state index in [-0.39, 0.29) is 11.3 Å². The predicted octanol–water partition coefficient (Wildman–Crippen LogP) is 3.17. The third-order valence-electron chi connectivity index (χ3n) is 4.17. The molecule has 0 aromatic heterocycles. The van der Waals surface area contributed by atoms with Gasteiger partial charge < -0.3 is 10.1 Å². The molecule has 0 aliphatic rings. The Hall–Kier alpha value is -3.35. The molecule has 2 aromatic rings. The van der Waals surface area contributed by atoms with E-state index in [2.05, 4.69) is 36.9 Å². The fourth-order valence-corrected chi connectivity index (χ4v) is 2.49. The van der Waals surface area contributed by atoms with Crippen molar-refractivity contribution in [3.63, 3.8) is 0 Å². The minimum atomic E-state index is -0.794. The molecule has 2 aromatic carbocycles. The maximum atomic E-state index is 12.2. The van der Waals surface area contributed by atoms with Crippen molar-refractivity contribution in [2.75, 3.05) is 5.32 Å². The molecule has 7 heteroatoms. The lowest BCUT2D eigenvalue weighted by atomic mass is 9.87. The average Bonchev–Trinajstić information content (AvgIpc) is 2.65. The van der Waals surface area contributed by atoms with E-state index in [1.165, 1.54) is 12.5 Å².